The van der Waals surface area contributed by atoms with Gasteiger partial charge in [0.25, 0.3) is 0 Å². The maximum absolute atomic E-state index is 11.4. The highest BCUT2D eigenvalue weighted by molar-refractivity contribution is 14.0. The van der Waals surface area contributed by atoms with Crippen molar-refractivity contribution >= 4 is 45.5 Å². The van der Waals surface area contributed by atoms with Gasteiger partial charge in [-0.1, -0.05) is 6.07 Å². The van der Waals surface area contributed by atoms with E-state index >= 15 is 0 Å². The average molecular weight is 463 g/mol. The first-order chi connectivity index (χ1) is 11.0. The van der Waals surface area contributed by atoms with Crippen molar-refractivity contribution in [3.8, 4) is 0 Å². The molecular weight excluding hydrogens is 437 g/mol. The number of benzene rings is 1. The summed E-state index contributed by atoms with van der Waals surface area (Å²) >= 11 is 0. The smallest absolute Gasteiger partial charge is 0.193 e. The van der Waals surface area contributed by atoms with Gasteiger partial charge in [-0.25, -0.2) is 8.42 Å². The second-order valence-electron chi connectivity index (χ2n) is 6.61. The second kappa shape index (κ2) is 8.51. The molecule has 0 atom stereocenters. The molecule has 3 N–H and O–H groups in total. The van der Waals surface area contributed by atoms with Crippen molar-refractivity contribution in [1.82, 2.24) is 0 Å². The molecule has 7 heteroatoms. The molecule has 1 aliphatic carbocycles. The fraction of sp³-hybridized carbons (Fsp3) is 0.588. The van der Waals surface area contributed by atoms with Crippen molar-refractivity contribution in [1.29, 1.82) is 0 Å². The molecule has 1 aromatic carbocycles. The van der Waals surface area contributed by atoms with Gasteiger partial charge in [-0.15, -0.1) is 24.0 Å². The Labute approximate surface area is 161 Å². The summed E-state index contributed by atoms with van der Waals surface area (Å²) in [5, 5.41) is 3.15. The van der Waals surface area contributed by atoms with Crippen LogP contribution < -0.4 is 11.1 Å². The molecular formula is C17H26IN3O2S. The first-order valence-corrected chi connectivity index (χ1v) is 10.2. The summed E-state index contributed by atoms with van der Waals surface area (Å²) in [6.45, 7) is 0.647. The zero-order valence-corrected chi connectivity index (χ0v) is 17.0. The van der Waals surface area contributed by atoms with Crippen LogP contribution in [-0.4, -0.2) is 32.4 Å². The molecule has 0 amide bonds. The number of hydrogen-bond acceptors (Lipinski definition) is 3. The third-order valence-corrected chi connectivity index (χ3v) is 6.58. The number of halogens is 1. The van der Waals surface area contributed by atoms with Crippen molar-refractivity contribution < 1.29 is 8.42 Å². The summed E-state index contributed by atoms with van der Waals surface area (Å²) in [6, 6.07) is 6.38. The Morgan fingerprint density at radius 1 is 1.21 bits per heavy atom. The molecule has 0 spiro atoms. The molecule has 1 saturated heterocycles. The fourth-order valence-electron chi connectivity index (χ4n) is 3.43. The highest BCUT2D eigenvalue weighted by Crippen LogP contribution is 2.25. The van der Waals surface area contributed by atoms with E-state index in [1.54, 1.807) is 0 Å². The van der Waals surface area contributed by atoms with E-state index in [1.807, 2.05) is 0 Å². The van der Waals surface area contributed by atoms with Crippen LogP contribution in [0, 0.1) is 5.92 Å². The number of fused-ring (bicyclic) bond motifs is 1. The third kappa shape index (κ3) is 5.34. The van der Waals surface area contributed by atoms with Crippen molar-refractivity contribution in [2.45, 2.75) is 38.5 Å². The minimum Gasteiger partial charge on any atom is -0.370 e. The Balaban J connectivity index is 0.00000208. The van der Waals surface area contributed by atoms with Crippen LogP contribution in [-0.2, 0) is 22.7 Å². The van der Waals surface area contributed by atoms with Crippen LogP contribution >= 0.6 is 24.0 Å². The predicted octanol–water partition coefficient (Wildman–Crippen LogP) is 2.73. The van der Waals surface area contributed by atoms with Gasteiger partial charge >= 0.3 is 0 Å². The van der Waals surface area contributed by atoms with Crippen LogP contribution in [0.4, 0.5) is 5.69 Å². The Bertz CT molecular complexity index is 690. The summed E-state index contributed by atoms with van der Waals surface area (Å²) in [5.41, 5.74) is 9.80. The van der Waals surface area contributed by atoms with Crippen LogP contribution in [0.25, 0.3) is 0 Å². The summed E-state index contributed by atoms with van der Waals surface area (Å²) in [5.74, 6) is 1.54. The van der Waals surface area contributed by atoms with Crippen molar-refractivity contribution in [2.75, 3.05) is 23.4 Å². The van der Waals surface area contributed by atoms with Crippen LogP contribution in [0.2, 0.25) is 0 Å². The summed E-state index contributed by atoms with van der Waals surface area (Å²) in [6.07, 6.45) is 5.98. The van der Waals surface area contributed by atoms with E-state index in [1.165, 1.54) is 24.0 Å². The zero-order chi connectivity index (χ0) is 16.3. The Hall–Kier alpha value is -0.830. The number of hydrogen-bond donors (Lipinski definition) is 2. The lowest BCUT2D eigenvalue weighted by Crippen LogP contribution is -2.25. The van der Waals surface area contributed by atoms with E-state index in [4.69, 9.17) is 5.73 Å². The number of anilines is 1. The van der Waals surface area contributed by atoms with Gasteiger partial charge in [0, 0.05) is 12.2 Å². The first kappa shape index (κ1) is 19.5. The van der Waals surface area contributed by atoms with E-state index < -0.39 is 9.84 Å². The topological polar surface area (TPSA) is 84.5 Å². The summed E-state index contributed by atoms with van der Waals surface area (Å²) in [7, 11) is -2.78. The fourth-order valence-corrected chi connectivity index (χ4v) is 5.02. The van der Waals surface area contributed by atoms with E-state index in [0.29, 0.717) is 29.9 Å². The molecule has 24 heavy (non-hydrogen) atoms. The Morgan fingerprint density at radius 3 is 2.67 bits per heavy atom. The number of sulfone groups is 1. The first-order valence-electron chi connectivity index (χ1n) is 8.41. The maximum atomic E-state index is 11.4. The molecule has 5 nitrogen and oxygen atoms in total. The van der Waals surface area contributed by atoms with Crippen LogP contribution in [0.3, 0.4) is 0 Å². The molecule has 3 rings (SSSR count). The molecule has 1 aromatic rings. The van der Waals surface area contributed by atoms with Gasteiger partial charge in [-0.2, -0.15) is 0 Å². The lowest BCUT2D eigenvalue weighted by Gasteiger charge is -2.20. The van der Waals surface area contributed by atoms with Crippen LogP contribution in [0.5, 0.6) is 0 Å². The van der Waals surface area contributed by atoms with Crippen molar-refractivity contribution in [3.05, 3.63) is 29.3 Å². The third-order valence-electron chi connectivity index (χ3n) is 4.86. The predicted molar refractivity (Wildman–Crippen MR) is 110 cm³/mol. The molecule has 2 aliphatic rings. The van der Waals surface area contributed by atoms with Crippen LogP contribution in [0.1, 0.15) is 36.8 Å². The van der Waals surface area contributed by atoms with Crippen molar-refractivity contribution in [3.63, 3.8) is 0 Å². The molecule has 1 aliphatic heterocycles. The number of guanidine groups is 1. The number of rotatable bonds is 4. The second-order valence-corrected chi connectivity index (χ2v) is 8.92. The highest BCUT2D eigenvalue weighted by Gasteiger charge is 2.23. The number of nitrogens with two attached hydrogens (primary N) is 1. The quantitative estimate of drug-likeness (QED) is 0.409. The number of nitrogens with one attached hydrogen (secondary N) is 1. The Morgan fingerprint density at radius 2 is 1.92 bits per heavy atom. The Kier molecular flexibility index (Phi) is 6.91. The molecule has 0 radical (unpaired) electrons. The van der Waals surface area contributed by atoms with E-state index in [9.17, 15) is 8.42 Å². The molecule has 0 saturated carbocycles. The monoisotopic (exact) mass is 463 g/mol. The number of aliphatic imine (C=N–C) groups is 1. The molecule has 134 valence electrons. The molecule has 1 heterocycles. The van der Waals surface area contributed by atoms with Crippen molar-refractivity contribution in [2.24, 2.45) is 16.6 Å². The minimum atomic E-state index is -2.78. The van der Waals surface area contributed by atoms with Gasteiger partial charge < -0.3 is 11.1 Å². The molecule has 0 unspecified atom stereocenters. The van der Waals surface area contributed by atoms with Gasteiger partial charge in [-0.05, 0) is 67.7 Å². The van der Waals surface area contributed by atoms with E-state index in [-0.39, 0.29) is 24.0 Å². The standard InChI is InChI=1S/C17H25N3O2S.HI/c18-17(19-9-6-13-7-10-23(21,22)11-8-13)20-16-5-4-14-2-1-3-15(14)12-16;/h4-5,12-13H,1-3,6-11H2,(H3,18,19,20);1H. The number of nitrogens with zero attached hydrogens (tertiary/aromatic N) is 1. The maximum Gasteiger partial charge on any atom is 0.193 e. The van der Waals surface area contributed by atoms with E-state index in [2.05, 4.69) is 28.5 Å². The van der Waals surface area contributed by atoms with Gasteiger partial charge in [0.1, 0.15) is 9.84 Å². The number of aryl methyl sites for hydroxylation is 2. The van der Waals surface area contributed by atoms with Crippen LogP contribution in [0.15, 0.2) is 23.2 Å². The average Bonchev–Trinajstić information content (AvgIpc) is 2.96. The molecule has 0 aromatic heterocycles. The minimum absolute atomic E-state index is 0. The SMILES string of the molecule is I.NC(=NCCC1CCS(=O)(=O)CC1)Nc1ccc2c(c1)CCC2. The highest BCUT2D eigenvalue weighted by atomic mass is 127. The lowest BCUT2D eigenvalue weighted by atomic mass is 9.99. The molecule has 1 fully saturated rings. The van der Waals surface area contributed by atoms with Gasteiger partial charge in [0.15, 0.2) is 5.96 Å². The lowest BCUT2D eigenvalue weighted by molar-refractivity contribution is 0.441. The summed E-state index contributed by atoms with van der Waals surface area (Å²) < 4.78 is 22.8. The summed E-state index contributed by atoms with van der Waals surface area (Å²) in [4.78, 5) is 4.38. The normalized spacial score (nSPS) is 20.2. The largest absolute Gasteiger partial charge is 0.370 e. The van der Waals surface area contributed by atoms with Gasteiger partial charge in [0.2, 0.25) is 0 Å². The van der Waals surface area contributed by atoms with E-state index in [0.717, 1.165) is 31.4 Å². The van der Waals surface area contributed by atoms with Gasteiger partial charge in [-0.3, -0.25) is 4.99 Å². The van der Waals surface area contributed by atoms with Gasteiger partial charge in [0.05, 0.1) is 11.5 Å². The molecule has 0 bridgehead atoms. The zero-order valence-electron chi connectivity index (χ0n) is 13.8.